The lowest BCUT2D eigenvalue weighted by Gasteiger charge is -2.29. The van der Waals surface area contributed by atoms with Gasteiger partial charge in [0.2, 0.25) is 11.6 Å². The van der Waals surface area contributed by atoms with Crippen molar-refractivity contribution in [2.24, 2.45) is 5.41 Å². The van der Waals surface area contributed by atoms with Crippen LogP contribution >= 0.6 is 15.9 Å². The summed E-state index contributed by atoms with van der Waals surface area (Å²) in [6, 6.07) is 7.22. The van der Waals surface area contributed by atoms with E-state index in [0.717, 1.165) is 23.0 Å². The highest BCUT2D eigenvalue weighted by molar-refractivity contribution is 9.10. The highest BCUT2D eigenvalue weighted by atomic mass is 79.9. The van der Waals surface area contributed by atoms with Crippen molar-refractivity contribution >= 4 is 33.6 Å². The third-order valence-corrected chi connectivity index (χ3v) is 4.00. The molecule has 0 aromatic heterocycles. The molecule has 1 aliphatic carbocycles. The Labute approximate surface area is 133 Å². The van der Waals surface area contributed by atoms with Gasteiger partial charge in [0, 0.05) is 10.0 Å². The monoisotopic (exact) mass is 349 g/mol. The minimum atomic E-state index is -0.441. The molecule has 112 valence electrons. The Hall–Kier alpha value is -1.26. The molecule has 1 saturated carbocycles. The molecule has 0 aliphatic heterocycles. The van der Waals surface area contributed by atoms with Crippen LogP contribution in [0.4, 0.5) is 0 Å². The average molecular weight is 350 g/mol. The minimum absolute atomic E-state index is 0.208. The number of carbonyl (C=O) groups is 2. The zero-order chi connectivity index (χ0) is 15.6. The van der Waals surface area contributed by atoms with E-state index >= 15 is 0 Å². The molecule has 0 bridgehead atoms. The first-order valence-electron chi connectivity index (χ1n) is 7.07. The highest BCUT2D eigenvalue weighted by Gasteiger charge is 2.43. The topological polar surface area (TPSA) is 46.2 Å². The van der Waals surface area contributed by atoms with Crippen LogP contribution in [0.1, 0.15) is 32.8 Å². The Morgan fingerprint density at radius 3 is 2.38 bits per heavy atom. The molecule has 1 atom stereocenters. The van der Waals surface area contributed by atoms with Gasteiger partial charge in [0.15, 0.2) is 0 Å². The largest absolute Gasteiger partial charge is 0.303 e. The molecule has 2 rings (SSSR count). The van der Waals surface area contributed by atoms with Crippen LogP contribution in [-0.4, -0.2) is 24.2 Å². The number of hydrogen-bond donors (Lipinski definition) is 1. The number of benzene rings is 1. The first-order valence-corrected chi connectivity index (χ1v) is 7.86. The van der Waals surface area contributed by atoms with Crippen molar-refractivity contribution in [1.82, 2.24) is 5.32 Å². The SMILES string of the molecule is CC(C)(C)CCNC1C(=O)C(=O)/C1=C\c1ccc(Br)cc1. The lowest BCUT2D eigenvalue weighted by atomic mass is 9.81. The lowest BCUT2D eigenvalue weighted by Crippen LogP contribution is -2.54. The molecule has 1 aliphatic rings. The molecule has 0 spiro atoms. The molecule has 1 fully saturated rings. The first-order chi connectivity index (χ1) is 9.78. The Morgan fingerprint density at radius 1 is 1.19 bits per heavy atom. The van der Waals surface area contributed by atoms with Crippen LogP contribution in [-0.2, 0) is 9.59 Å². The van der Waals surface area contributed by atoms with Gasteiger partial charge in [-0.05, 0) is 42.2 Å². The van der Waals surface area contributed by atoms with E-state index in [9.17, 15) is 9.59 Å². The van der Waals surface area contributed by atoms with Gasteiger partial charge in [-0.2, -0.15) is 0 Å². The Balaban J connectivity index is 2.05. The quantitative estimate of drug-likeness (QED) is 0.669. The van der Waals surface area contributed by atoms with Crippen molar-refractivity contribution in [1.29, 1.82) is 0 Å². The van der Waals surface area contributed by atoms with Crippen LogP contribution in [0.5, 0.6) is 0 Å². The van der Waals surface area contributed by atoms with Gasteiger partial charge in [0.25, 0.3) is 0 Å². The van der Waals surface area contributed by atoms with E-state index in [2.05, 4.69) is 42.0 Å². The van der Waals surface area contributed by atoms with Crippen molar-refractivity contribution in [3.63, 3.8) is 0 Å². The van der Waals surface area contributed by atoms with Crippen molar-refractivity contribution < 1.29 is 9.59 Å². The summed E-state index contributed by atoms with van der Waals surface area (Å²) in [6.07, 6.45) is 2.75. The summed E-state index contributed by atoms with van der Waals surface area (Å²) in [5, 5.41) is 3.19. The second-order valence-corrected chi connectivity index (χ2v) is 7.46. The second kappa shape index (κ2) is 6.24. The molecule has 0 radical (unpaired) electrons. The van der Waals surface area contributed by atoms with Gasteiger partial charge >= 0.3 is 0 Å². The lowest BCUT2D eigenvalue weighted by molar-refractivity contribution is -0.139. The average Bonchev–Trinajstić information content (AvgIpc) is 2.42. The van der Waals surface area contributed by atoms with E-state index in [1.807, 2.05) is 24.3 Å². The first kappa shape index (κ1) is 16.1. The van der Waals surface area contributed by atoms with Gasteiger partial charge in [-0.3, -0.25) is 9.59 Å². The maximum Gasteiger partial charge on any atom is 0.228 e. The number of hydrogen-bond acceptors (Lipinski definition) is 3. The standard InChI is InChI=1S/C17H20BrNO2/c1-17(2,3)8-9-19-14-13(15(20)16(14)21)10-11-4-6-12(18)7-5-11/h4-7,10,14,19H,8-9H2,1-3H3/b13-10-. The fourth-order valence-electron chi connectivity index (χ4n) is 2.15. The van der Waals surface area contributed by atoms with Crippen molar-refractivity contribution in [3.05, 3.63) is 39.9 Å². The van der Waals surface area contributed by atoms with Gasteiger partial charge < -0.3 is 5.32 Å². The summed E-state index contributed by atoms with van der Waals surface area (Å²) < 4.78 is 0.987. The van der Waals surface area contributed by atoms with E-state index < -0.39 is 6.04 Å². The van der Waals surface area contributed by atoms with Crippen LogP contribution in [0.2, 0.25) is 0 Å². The van der Waals surface area contributed by atoms with Crippen LogP contribution in [0.15, 0.2) is 34.3 Å². The van der Waals surface area contributed by atoms with Crippen molar-refractivity contribution in [3.8, 4) is 0 Å². The molecule has 1 aromatic carbocycles. The zero-order valence-corrected chi connectivity index (χ0v) is 14.2. The summed E-state index contributed by atoms with van der Waals surface area (Å²) in [6.45, 7) is 7.19. The van der Waals surface area contributed by atoms with Crippen molar-refractivity contribution in [2.75, 3.05) is 6.54 Å². The van der Waals surface area contributed by atoms with Gasteiger partial charge in [-0.15, -0.1) is 0 Å². The summed E-state index contributed by atoms with van der Waals surface area (Å²) in [5.41, 5.74) is 1.70. The number of nitrogens with one attached hydrogen (secondary N) is 1. The Bertz CT molecular complexity index is 582. The normalized spacial score (nSPS) is 20.8. The van der Waals surface area contributed by atoms with Gasteiger partial charge in [0.05, 0.1) is 0 Å². The molecule has 0 amide bonds. The summed E-state index contributed by atoms with van der Waals surface area (Å²) >= 11 is 3.37. The van der Waals surface area contributed by atoms with Crippen LogP contribution in [0.3, 0.4) is 0 Å². The smallest absolute Gasteiger partial charge is 0.228 e. The number of rotatable bonds is 4. The van der Waals surface area contributed by atoms with E-state index in [1.165, 1.54) is 0 Å². The molecule has 0 saturated heterocycles. The van der Waals surface area contributed by atoms with E-state index in [0.29, 0.717) is 5.57 Å². The fraction of sp³-hybridized carbons (Fsp3) is 0.412. The van der Waals surface area contributed by atoms with E-state index in [1.54, 1.807) is 6.08 Å². The third kappa shape index (κ3) is 4.11. The highest BCUT2D eigenvalue weighted by Crippen LogP contribution is 2.24. The molecule has 1 N–H and O–H groups in total. The van der Waals surface area contributed by atoms with Crippen LogP contribution in [0, 0.1) is 5.41 Å². The third-order valence-electron chi connectivity index (χ3n) is 3.47. The van der Waals surface area contributed by atoms with E-state index in [4.69, 9.17) is 0 Å². The number of halogens is 1. The molecule has 21 heavy (non-hydrogen) atoms. The Morgan fingerprint density at radius 2 is 1.81 bits per heavy atom. The maximum atomic E-state index is 11.7. The molecular formula is C17H20BrNO2. The predicted octanol–water partition coefficient (Wildman–Crippen LogP) is 3.38. The molecule has 0 heterocycles. The molecular weight excluding hydrogens is 330 g/mol. The second-order valence-electron chi connectivity index (χ2n) is 6.54. The number of ketones is 2. The Kier molecular flexibility index (Phi) is 4.79. The van der Waals surface area contributed by atoms with Crippen LogP contribution < -0.4 is 5.32 Å². The van der Waals surface area contributed by atoms with Gasteiger partial charge in [0.1, 0.15) is 6.04 Å². The summed E-state index contributed by atoms with van der Waals surface area (Å²) in [5.74, 6) is -0.696. The molecule has 3 nitrogen and oxygen atoms in total. The summed E-state index contributed by atoms with van der Waals surface area (Å²) in [4.78, 5) is 23.4. The summed E-state index contributed by atoms with van der Waals surface area (Å²) in [7, 11) is 0. The minimum Gasteiger partial charge on any atom is -0.303 e. The van der Waals surface area contributed by atoms with Crippen molar-refractivity contribution in [2.45, 2.75) is 33.2 Å². The van der Waals surface area contributed by atoms with Crippen LogP contribution in [0.25, 0.3) is 6.08 Å². The van der Waals surface area contributed by atoms with Gasteiger partial charge in [-0.1, -0.05) is 48.8 Å². The maximum absolute atomic E-state index is 11.7. The number of Topliss-reactive ketones (excluding diaryl/α,β-unsaturated/α-hetero) is 2. The number of carbonyl (C=O) groups excluding carboxylic acids is 2. The zero-order valence-electron chi connectivity index (χ0n) is 12.6. The molecule has 1 unspecified atom stereocenters. The van der Waals surface area contributed by atoms with Gasteiger partial charge in [-0.25, -0.2) is 0 Å². The van der Waals surface area contributed by atoms with E-state index in [-0.39, 0.29) is 17.0 Å². The predicted molar refractivity (Wildman–Crippen MR) is 88.0 cm³/mol. The molecule has 1 aromatic rings. The fourth-order valence-corrected chi connectivity index (χ4v) is 2.41. The molecule has 4 heteroatoms.